The Kier molecular flexibility index (Phi) is 4.15. The summed E-state index contributed by atoms with van der Waals surface area (Å²) in [5.74, 6) is 0.838. The molecule has 0 radical (unpaired) electrons. The fraction of sp³-hybridized carbons (Fsp3) is 0.333. The number of pyridine rings is 1. The smallest absolute Gasteiger partial charge is 0.225 e. The number of hydrogen-bond donors (Lipinski definition) is 0. The number of anilines is 1. The quantitative estimate of drug-likeness (QED) is 0.676. The molecule has 25 heavy (non-hydrogen) atoms. The number of carbonyl (C=O) groups excluding carboxylic acids is 1. The Morgan fingerprint density at radius 2 is 1.72 bits per heavy atom. The lowest BCUT2D eigenvalue weighted by molar-refractivity contribution is -0.117. The fourth-order valence-electron chi connectivity index (χ4n) is 3.45. The second-order valence-electron chi connectivity index (χ2n) is 7.54. The van der Waals surface area contributed by atoms with Crippen LogP contribution in [0.15, 0.2) is 42.5 Å². The lowest BCUT2D eigenvalue weighted by atomic mass is 10.0. The average Bonchev–Trinajstić information content (AvgIpc) is 2.85. The van der Waals surface area contributed by atoms with E-state index >= 15 is 0 Å². The van der Waals surface area contributed by atoms with Crippen LogP contribution >= 0.6 is 0 Å². The van der Waals surface area contributed by atoms with Gasteiger partial charge in [-0.25, -0.2) is 4.98 Å². The second kappa shape index (κ2) is 6.03. The highest BCUT2D eigenvalue weighted by atomic mass is 16.2. The van der Waals surface area contributed by atoms with Crippen LogP contribution in [0, 0.1) is 13.8 Å². The lowest BCUT2D eigenvalue weighted by Gasteiger charge is -2.35. The first kappa shape index (κ1) is 17.2. The first-order valence-electron chi connectivity index (χ1n) is 8.56. The van der Waals surface area contributed by atoms with Gasteiger partial charge in [-0.3, -0.25) is 14.1 Å². The highest BCUT2D eigenvalue weighted by molar-refractivity contribution is 5.96. The highest BCUT2D eigenvalue weighted by Crippen LogP contribution is 2.36. The summed E-state index contributed by atoms with van der Waals surface area (Å²) in [6.07, 6.45) is 0. The zero-order valence-corrected chi connectivity index (χ0v) is 15.8. The average molecular weight is 335 g/mol. The third-order valence-electron chi connectivity index (χ3n) is 4.27. The van der Waals surface area contributed by atoms with E-state index in [1.807, 2.05) is 56.0 Å². The molecule has 0 spiro atoms. The molecule has 1 amide bonds. The number of fused-ring (bicyclic) bond motifs is 1. The van der Waals surface area contributed by atoms with Crippen molar-refractivity contribution < 1.29 is 4.79 Å². The molecule has 4 nitrogen and oxygen atoms in total. The van der Waals surface area contributed by atoms with Crippen molar-refractivity contribution in [1.29, 1.82) is 0 Å². The number of rotatable bonds is 2. The molecule has 0 N–H and O–H groups in total. The summed E-state index contributed by atoms with van der Waals surface area (Å²) in [6.45, 7) is 11.9. The molecule has 1 aromatic carbocycles. The number of aryl methyl sites for hydroxylation is 2. The fourth-order valence-corrected chi connectivity index (χ4v) is 3.45. The van der Waals surface area contributed by atoms with Gasteiger partial charge in [-0.2, -0.15) is 0 Å². The molecular weight excluding hydrogens is 310 g/mol. The van der Waals surface area contributed by atoms with E-state index in [1.54, 1.807) is 6.92 Å². The third kappa shape index (κ3) is 3.04. The second-order valence-corrected chi connectivity index (χ2v) is 7.54. The molecule has 0 saturated heterocycles. The Hall–Kier alpha value is -2.62. The summed E-state index contributed by atoms with van der Waals surface area (Å²) in [4.78, 5) is 19.3. The zero-order chi connectivity index (χ0) is 18.4. The van der Waals surface area contributed by atoms with Gasteiger partial charge in [-0.15, -0.1) is 0 Å². The number of imidazole rings is 1. The summed E-state index contributed by atoms with van der Waals surface area (Å²) < 4.78 is 2.09. The van der Waals surface area contributed by atoms with Crippen LogP contribution in [0.2, 0.25) is 0 Å². The van der Waals surface area contributed by atoms with Gasteiger partial charge >= 0.3 is 0 Å². The molecule has 0 atom stereocenters. The molecule has 3 aromatic rings. The van der Waals surface area contributed by atoms with E-state index in [0.29, 0.717) is 0 Å². The summed E-state index contributed by atoms with van der Waals surface area (Å²) >= 11 is 0. The Bertz CT molecular complexity index is 933. The highest BCUT2D eigenvalue weighted by Gasteiger charge is 2.32. The lowest BCUT2D eigenvalue weighted by Crippen LogP contribution is -2.45. The van der Waals surface area contributed by atoms with Gasteiger partial charge in [0, 0.05) is 23.7 Å². The van der Waals surface area contributed by atoms with E-state index in [0.717, 1.165) is 34.0 Å². The van der Waals surface area contributed by atoms with Gasteiger partial charge in [-0.1, -0.05) is 30.3 Å². The number of aromatic nitrogens is 2. The molecule has 0 unspecified atom stereocenters. The van der Waals surface area contributed by atoms with E-state index in [-0.39, 0.29) is 11.4 Å². The maximum absolute atomic E-state index is 12.6. The van der Waals surface area contributed by atoms with Crippen LogP contribution in [0.25, 0.3) is 16.9 Å². The molecule has 3 rings (SSSR count). The number of amides is 1. The Morgan fingerprint density at radius 1 is 1.08 bits per heavy atom. The molecule has 0 aliphatic heterocycles. The van der Waals surface area contributed by atoms with E-state index < -0.39 is 0 Å². The monoisotopic (exact) mass is 335 g/mol. The van der Waals surface area contributed by atoms with Crippen molar-refractivity contribution in [2.75, 3.05) is 4.90 Å². The van der Waals surface area contributed by atoms with Crippen molar-refractivity contribution in [3.05, 3.63) is 53.7 Å². The summed E-state index contributed by atoms with van der Waals surface area (Å²) in [5.41, 5.74) is 4.57. The number of benzene rings is 1. The van der Waals surface area contributed by atoms with Crippen molar-refractivity contribution >= 4 is 17.4 Å². The Labute approximate surface area is 149 Å². The van der Waals surface area contributed by atoms with Crippen LogP contribution in [0.4, 0.5) is 5.82 Å². The summed E-state index contributed by atoms with van der Waals surface area (Å²) in [5, 5.41) is 0. The predicted octanol–water partition coefficient (Wildman–Crippen LogP) is 4.77. The normalized spacial score (nSPS) is 11.8. The van der Waals surface area contributed by atoms with Crippen molar-refractivity contribution in [3.63, 3.8) is 0 Å². The van der Waals surface area contributed by atoms with E-state index in [2.05, 4.69) is 30.4 Å². The van der Waals surface area contributed by atoms with Gasteiger partial charge < -0.3 is 0 Å². The molecular formula is C21H25N3O. The minimum atomic E-state index is -0.358. The number of hydrogen-bond acceptors (Lipinski definition) is 2. The van der Waals surface area contributed by atoms with Crippen LogP contribution < -0.4 is 4.90 Å². The molecule has 0 aliphatic rings. The van der Waals surface area contributed by atoms with Crippen molar-refractivity contribution in [2.24, 2.45) is 0 Å². The first-order chi connectivity index (χ1) is 11.7. The number of nitrogens with zero attached hydrogens (tertiary/aromatic N) is 3. The van der Waals surface area contributed by atoms with E-state index in [1.165, 1.54) is 0 Å². The molecule has 0 saturated carbocycles. The molecule has 130 valence electrons. The molecule has 4 heteroatoms. The molecule has 0 fully saturated rings. The Balaban J connectivity index is 2.44. The third-order valence-corrected chi connectivity index (χ3v) is 4.27. The van der Waals surface area contributed by atoms with Crippen LogP contribution in [0.3, 0.4) is 0 Å². The summed E-state index contributed by atoms with van der Waals surface area (Å²) in [7, 11) is 0. The maximum atomic E-state index is 12.6. The van der Waals surface area contributed by atoms with Crippen LogP contribution in [-0.4, -0.2) is 20.8 Å². The van der Waals surface area contributed by atoms with Crippen molar-refractivity contribution in [3.8, 4) is 11.3 Å². The van der Waals surface area contributed by atoms with Crippen LogP contribution in [0.1, 0.15) is 39.0 Å². The van der Waals surface area contributed by atoms with Gasteiger partial charge in [0.1, 0.15) is 17.2 Å². The first-order valence-corrected chi connectivity index (χ1v) is 8.56. The van der Waals surface area contributed by atoms with E-state index in [4.69, 9.17) is 4.98 Å². The van der Waals surface area contributed by atoms with Gasteiger partial charge in [0.05, 0.1) is 0 Å². The number of carbonyl (C=O) groups is 1. The van der Waals surface area contributed by atoms with Gasteiger partial charge in [0.15, 0.2) is 0 Å². The topological polar surface area (TPSA) is 37.6 Å². The van der Waals surface area contributed by atoms with Gasteiger partial charge in [0.25, 0.3) is 0 Å². The molecule has 0 bridgehead atoms. The van der Waals surface area contributed by atoms with Crippen LogP contribution in [0.5, 0.6) is 0 Å². The summed E-state index contributed by atoms with van der Waals surface area (Å²) in [6, 6.07) is 14.2. The molecule has 2 aromatic heterocycles. The zero-order valence-electron chi connectivity index (χ0n) is 15.8. The van der Waals surface area contributed by atoms with Crippen LogP contribution in [-0.2, 0) is 4.79 Å². The van der Waals surface area contributed by atoms with E-state index in [9.17, 15) is 4.79 Å². The largest absolute Gasteiger partial charge is 0.291 e. The van der Waals surface area contributed by atoms with Crippen molar-refractivity contribution in [2.45, 2.75) is 47.1 Å². The van der Waals surface area contributed by atoms with Crippen molar-refractivity contribution in [1.82, 2.24) is 9.38 Å². The Morgan fingerprint density at radius 3 is 2.28 bits per heavy atom. The van der Waals surface area contributed by atoms with Gasteiger partial charge in [-0.05, 0) is 52.3 Å². The molecule has 0 aliphatic carbocycles. The maximum Gasteiger partial charge on any atom is 0.225 e. The minimum Gasteiger partial charge on any atom is -0.291 e. The van der Waals surface area contributed by atoms with Gasteiger partial charge in [0.2, 0.25) is 5.91 Å². The minimum absolute atomic E-state index is 0.00598. The molecule has 2 heterocycles. The predicted molar refractivity (Wildman–Crippen MR) is 103 cm³/mol. The SMILES string of the molecule is CC(=O)N(c1c(-c2ccccc2)nc2cc(C)cc(C)n12)C(C)(C)C. The standard InChI is InChI=1S/C21H25N3O/c1-14-12-15(2)23-18(13-14)22-19(17-10-8-7-9-11-17)20(23)24(16(3)25)21(4,5)6/h7-13H,1-6H3.